The molecule has 0 atom stereocenters. The van der Waals surface area contributed by atoms with Crippen LogP contribution < -0.4 is 5.73 Å². The lowest BCUT2D eigenvalue weighted by atomic mass is 10.1. The maximum absolute atomic E-state index is 8.95. The van der Waals surface area contributed by atoms with Crippen LogP contribution in [0.15, 0.2) is 29.6 Å². The summed E-state index contributed by atoms with van der Waals surface area (Å²) in [6.45, 7) is 0.498. The molecule has 0 amide bonds. The van der Waals surface area contributed by atoms with E-state index in [2.05, 4.69) is 4.98 Å². The highest BCUT2D eigenvalue weighted by Gasteiger charge is 2.06. The fraction of sp³-hybridized carbons (Fsp3) is 0.182. The van der Waals surface area contributed by atoms with E-state index >= 15 is 0 Å². The number of hydrogen-bond donors (Lipinski definition) is 2. The summed E-state index contributed by atoms with van der Waals surface area (Å²) in [6, 6.07) is 7.92. The van der Waals surface area contributed by atoms with E-state index in [0.717, 1.165) is 21.8 Å². The fourth-order valence-corrected chi connectivity index (χ4v) is 2.11. The molecule has 0 saturated heterocycles. The van der Waals surface area contributed by atoms with E-state index in [1.54, 1.807) is 0 Å². The summed E-state index contributed by atoms with van der Waals surface area (Å²) < 4.78 is 0. The van der Waals surface area contributed by atoms with Crippen LogP contribution in [0.25, 0.3) is 11.3 Å². The van der Waals surface area contributed by atoms with Gasteiger partial charge in [-0.2, -0.15) is 0 Å². The minimum atomic E-state index is -0.00451. The molecule has 3 nitrogen and oxygen atoms in total. The van der Waals surface area contributed by atoms with Gasteiger partial charge < -0.3 is 10.8 Å². The van der Waals surface area contributed by atoms with E-state index in [1.165, 1.54) is 11.3 Å². The average Bonchev–Trinajstić information content (AvgIpc) is 2.77. The first-order chi connectivity index (χ1) is 7.35. The first kappa shape index (κ1) is 10.3. The van der Waals surface area contributed by atoms with Crippen LogP contribution >= 0.6 is 11.3 Å². The van der Waals surface area contributed by atoms with Crippen molar-refractivity contribution >= 4 is 11.3 Å². The second-order valence-corrected chi connectivity index (χ2v) is 4.09. The number of aliphatic hydroxyl groups excluding tert-OH is 1. The lowest BCUT2D eigenvalue weighted by molar-refractivity contribution is 0.281. The van der Waals surface area contributed by atoms with Gasteiger partial charge >= 0.3 is 0 Å². The molecule has 0 bridgehead atoms. The van der Waals surface area contributed by atoms with Gasteiger partial charge in [0.2, 0.25) is 0 Å². The molecular weight excluding hydrogens is 208 g/mol. The van der Waals surface area contributed by atoms with Crippen molar-refractivity contribution in [1.29, 1.82) is 0 Å². The second kappa shape index (κ2) is 4.53. The average molecular weight is 220 g/mol. The van der Waals surface area contributed by atoms with Crippen LogP contribution in [0.5, 0.6) is 0 Å². The number of nitrogens with zero attached hydrogens (tertiary/aromatic N) is 1. The van der Waals surface area contributed by atoms with Gasteiger partial charge in [0.1, 0.15) is 5.01 Å². The van der Waals surface area contributed by atoms with Crippen LogP contribution in [0.1, 0.15) is 10.6 Å². The largest absolute Gasteiger partial charge is 0.389 e. The van der Waals surface area contributed by atoms with Crippen molar-refractivity contribution in [3.8, 4) is 11.3 Å². The number of benzene rings is 1. The minimum Gasteiger partial charge on any atom is -0.389 e. The summed E-state index contributed by atoms with van der Waals surface area (Å²) in [5, 5.41) is 11.6. The zero-order chi connectivity index (χ0) is 10.7. The summed E-state index contributed by atoms with van der Waals surface area (Å²) >= 11 is 1.46. The smallest absolute Gasteiger partial charge is 0.119 e. The van der Waals surface area contributed by atoms with Crippen LogP contribution in [0.2, 0.25) is 0 Å². The van der Waals surface area contributed by atoms with Gasteiger partial charge in [0.25, 0.3) is 0 Å². The molecule has 0 radical (unpaired) electrons. The Labute approximate surface area is 92.2 Å². The highest BCUT2D eigenvalue weighted by atomic mass is 32.1. The van der Waals surface area contributed by atoms with Gasteiger partial charge in [0.05, 0.1) is 12.3 Å². The molecule has 15 heavy (non-hydrogen) atoms. The van der Waals surface area contributed by atoms with Crippen molar-refractivity contribution in [3.05, 3.63) is 40.2 Å². The number of thiazole rings is 1. The SMILES string of the molecule is NCc1ccccc1-c1csc(CO)n1. The fourth-order valence-electron chi connectivity index (χ4n) is 1.46. The zero-order valence-corrected chi connectivity index (χ0v) is 9.00. The van der Waals surface area contributed by atoms with Crippen molar-refractivity contribution in [2.45, 2.75) is 13.2 Å². The van der Waals surface area contributed by atoms with Crippen molar-refractivity contribution in [1.82, 2.24) is 4.98 Å². The van der Waals surface area contributed by atoms with E-state index in [4.69, 9.17) is 10.8 Å². The van der Waals surface area contributed by atoms with E-state index in [-0.39, 0.29) is 6.61 Å². The van der Waals surface area contributed by atoms with Crippen LogP contribution in [-0.4, -0.2) is 10.1 Å². The Morgan fingerprint density at radius 3 is 2.80 bits per heavy atom. The number of hydrogen-bond acceptors (Lipinski definition) is 4. The van der Waals surface area contributed by atoms with Gasteiger partial charge in [0, 0.05) is 17.5 Å². The molecule has 1 heterocycles. The molecule has 3 N–H and O–H groups in total. The van der Waals surface area contributed by atoms with Crippen LogP contribution in [-0.2, 0) is 13.2 Å². The molecule has 2 aromatic rings. The topological polar surface area (TPSA) is 59.1 Å². The molecule has 78 valence electrons. The summed E-state index contributed by atoms with van der Waals surface area (Å²) in [6.07, 6.45) is 0. The van der Waals surface area contributed by atoms with Gasteiger partial charge in [-0.3, -0.25) is 0 Å². The number of rotatable bonds is 3. The quantitative estimate of drug-likeness (QED) is 0.828. The Morgan fingerprint density at radius 1 is 1.33 bits per heavy atom. The zero-order valence-electron chi connectivity index (χ0n) is 8.18. The van der Waals surface area contributed by atoms with E-state index in [0.29, 0.717) is 6.54 Å². The van der Waals surface area contributed by atoms with Gasteiger partial charge in [0.15, 0.2) is 0 Å². The standard InChI is InChI=1S/C11H12N2OS/c12-5-8-3-1-2-4-9(8)10-7-15-11(6-14)13-10/h1-4,7,14H,5-6,12H2. The van der Waals surface area contributed by atoms with Gasteiger partial charge in [-0.05, 0) is 5.56 Å². The van der Waals surface area contributed by atoms with Crippen molar-refractivity contribution in [2.75, 3.05) is 0 Å². The molecule has 0 aliphatic rings. The molecule has 2 rings (SSSR count). The maximum atomic E-state index is 8.95. The molecule has 0 aliphatic heterocycles. The third kappa shape index (κ3) is 2.07. The van der Waals surface area contributed by atoms with Crippen LogP contribution in [0.3, 0.4) is 0 Å². The van der Waals surface area contributed by atoms with Gasteiger partial charge in [-0.1, -0.05) is 24.3 Å². The molecule has 1 aromatic carbocycles. The monoisotopic (exact) mass is 220 g/mol. The third-order valence-electron chi connectivity index (χ3n) is 2.20. The Hall–Kier alpha value is -1.23. The Morgan fingerprint density at radius 2 is 2.13 bits per heavy atom. The summed E-state index contributed by atoms with van der Waals surface area (Å²) in [7, 11) is 0. The highest BCUT2D eigenvalue weighted by molar-refractivity contribution is 7.09. The number of aromatic nitrogens is 1. The predicted molar refractivity (Wildman–Crippen MR) is 61.4 cm³/mol. The molecule has 0 spiro atoms. The van der Waals surface area contributed by atoms with E-state index < -0.39 is 0 Å². The summed E-state index contributed by atoms with van der Waals surface area (Å²) in [5.74, 6) is 0. The Bertz CT molecular complexity index is 453. The molecule has 1 aromatic heterocycles. The molecule has 0 saturated carbocycles. The normalized spacial score (nSPS) is 10.5. The van der Waals surface area contributed by atoms with Crippen molar-refractivity contribution < 1.29 is 5.11 Å². The molecule has 0 unspecified atom stereocenters. The van der Waals surface area contributed by atoms with Gasteiger partial charge in [-0.15, -0.1) is 11.3 Å². The first-order valence-corrected chi connectivity index (χ1v) is 5.56. The Balaban J connectivity index is 2.44. The van der Waals surface area contributed by atoms with Crippen LogP contribution in [0, 0.1) is 0 Å². The third-order valence-corrected chi connectivity index (χ3v) is 3.03. The number of aliphatic hydroxyl groups is 1. The van der Waals surface area contributed by atoms with E-state index in [1.807, 2.05) is 29.6 Å². The van der Waals surface area contributed by atoms with E-state index in [9.17, 15) is 0 Å². The Kier molecular flexibility index (Phi) is 3.11. The molecule has 0 fully saturated rings. The predicted octanol–water partition coefficient (Wildman–Crippen LogP) is 1.76. The lowest BCUT2D eigenvalue weighted by Gasteiger charge is -2.03. The molecule has 4 heteroatoms. The lowest BCUT2D eigenvalue weighted by Crippen LogP contribution is -1.98. The molecule has 0 aliphatic carbocycles. The summed E-state index contributed by atoms with van der Waals surface area (Å²) in [4.78, 5) is 4.32. The minimum absolute atomic E-state index is 0.00451. The van der Waals surface area contributed by atoms with Crippen molar-refractivity contribution in [3.63, 3.8) is 0 Å². The first-order valence-electron chi connectivity index (χ1n) is 4.68. The maximum Gasteiger partial charge on any atom is 0.119 e. The van der Waals surface area contributed by atoms with Crippen LogP contribution in [0.4, 0.5) is 0 Å². The molecular formula is C11H12N2OS. The highest BCUT2D eigenvalue weighted by Crippen LogP contribution is 2.24. The van der Waals surface area contributed by atoms with Crippen molar-refractivity contribution in [2.24, 2.45) is 5.73 Å². The second-order valence-electron chi connectivity index (χ2n) is 3.15. The number of nitrogens with two attached hydrogens (primary N) is 1. The van der Waals surface area contributed by atoms with Gasteiger partial charge in [-0.25, -0.2) is 4.98 Å². The summed E-state index contributed by atoms with van der Waals surface area (Å²) in [5.41, 5.74) is 8.68.